The predicted molar refractivity (Wildman–Crippen MR) is 52.2 cm³/mol. The quantitative estimate of drug-likeness (QED) is 0.432. The van der Waals surface area contributed by atoms with Gasteiger partial charge in [0, 0.05) is 12.8 Å². The predicted octanol–water partition coefficient (Wildman–Crippen LogP) is 2.99. The highest BCUT2D eigenvalue weighted by atomic mass is 14.7. The van der Waals surface area contributed by atoms with E-state index in [-0.39, 0.29) is 0 Å². The van der Waals surface area contributed by atoms with Gasteiger partial charge in [-0.2, -0.15) is 0 Å². The van der Waals surface area contributed by atoms with Gasteiger partial charge in [-0.15, -0.1) is 0 Å². The Labute approximate surface area is 69.5 Å². The Morgan fingerprint density at radius 1 is 1.55 bits per heavy atom. The second-order valence-electron chi connectivity index (χ2n) is 2.54. The Hall–Kier alpha value is -0.850. The third-order valence-electron chi connectivity index (χ3n) is 1.55. The molecule has 0 fully saturated rings. The molecule has 0 saturated carbocycles. The Morgan fingerprint density at radius 3 is 2.55 bits per heavy atom. The standard InChI is InChI=1S/C10H17N/c1-5-7-10(6-2)8-9(3)11-4/h6,8H,2,5,7H2,1,3-4H3/b10-8+,11-9?. The van der Waals surface area contributed by atoms with Crippen LogP contribution in [0.3, 0.4) is 0 Å². The van der Waals surface area contributed by atoms with Gasteiger partial charge in [0.25, 0.3) is 0 Å². The molecule has 0 N–H and O–H groups in total. The van der Waals surface area contributed by atoms with Crippen molar-refractivity contribution in [2.45, 2.75) is 26.7 Å². The van der Waals surface area contributed by atoms with E-state index in [1.165, 1.54) is 5.57 Å². The molecule has 0 aromatic heterocycles. The van der Waals surface area contributed by atoms with E-state index in [1.54, 1.807) is 7.05 Å². The molecule has 0 radical (unpaired) electrons. The zero-order chi connectivity index (χ0) is 8.69. The number of aliphatic imine (C=N–C) groups is 1. The van der Waals surface area contributed by atoms with Crippen LogP contribution in [0.25, 0.3) is 0 Å². The lowest BCUT2D eigenvalue weighted by atomic mass is 10.1. The zero-order valence-corrected chi connectivity index (χ0v) is 7.72. The van der Waals surface area contributed by atoms with Crippen molar-refractivity contribution in [1.82, 2.24) is 0 Å². The molecule has 0 saturated heterocycles. The van der Waals surface area contributed by atoms with Crippen molar-refractivity contribution in [1.29, 1.82) is 0 Å². The minimum absolute atomic E-state index is 1.06. The Morgan fingerprint density at radius 2 is 2.18 bits per heavy atom. The van der Waals surface area contributed by atoms with Crippen LogP contribution in [0.1, 0.15) is 26.7 Å². The molecular weight excluding hydrogens is 134 g/mol. The first kappa shape index (κ1) is 10.2. The van der Waals surface area contributed by atoms with Gasteiger partial charge in [-0.25, -0.2) is 0 Å². The molecule has 1 heteroatoms. The van der Waals surface area contributed by atoms with Gasteiger partial charge in [0.05, 0.1) is 0 Å². The lowest BCUT2D eigenvalue weighted by Gasteiger charge is -1.97. The maximum Gasteiger partial charge on any atom is 0.0316 e. The molecule has 0 spiro atoms. The number of hydrogen-bond acceptors (Lipinski definition) is 1. The number of hydrogen-bond donors (Lipinski definition) is 0. The van der Waals surface area contributed by atoms with Crippen molar-refractivity contribution >= 4 is 5.71 Å². The molecule has 0 aromatic rings. The second-order valence-corrected chi connectivity index (χ2v) is 2.54. The summed E-state index contributed by atoms with van der Waals surface area (Å²) in [4.78, 5) is 4.05. The average Bonchev–Trinajstić information content (AvgIpc) is 2.03. The minimum Gasteiger partial charge on any atom is -0.293 e. The van der Waals surface area contributed by atoms with Gasteiger partial charge in [0.2, 0.25) is 0 Å². The van der Waals surface area contributed by atoms with Gasteiger partial charge >= 0.3 is 0 Å². The van der Waals surface area contributed by atoms with Crippen LogP contribution < -0.4 is 0 Å². The van der Waals surface area contributed by atoms with E-state index in [1.807, 2.05) is 13.0 Å². The van der Waals surface area contributed by atoms with Crippen molar-refractivity contribution in [3.63, 3.8) is 0 Å². The van der Waals surface area contributed by atoms with Crippen LogP contribution in [0.5, 0.6) is 0 Å². The van der Waals surface area contributed by atoms with Crippen molar-refractivity contribution in [3.05, 3.63) is 24.3 Å². The summed E-state index contributed by atoms with van der Waals surface area (Å²) in [5, 5.41) is 0. The summed E-state index contributed by atoms with van der Waals surface area (Å²) in [5.41, 5.74) is 2.34. The molecule has 0 rings (SSSR count). The highest BCUT2D eigenvalue weighted by Crippen LogP contribution is 2.05. The summed E-state index contributed by atoms with van der Waals surface area (Å²) in [6.45, 7) is 7.91. The molecule has 0 bridgehead atoms. The summed E-state index contributed by atoms with van der Waals surface area (Å²) >= 11 is 0. The fourth-order valence-corrected chi connectivity index (χ4v) is 0.855. The van der Waals surface area contributed by atoms with Crippen LogP contribution >= 0.6 is 0 Å². The normalized spacial score (nSPS) is 13.4. The Balaban J connectivity index is 4.22. The molecule has 0 aliphatic rings. The first-order valence-electron chi connectivity index (χ1n) is 4.01. The molecule has 0 aliphatic heterocycles. The van der Waals surface area contributed by atoms with Crippen LogP contribution in [-0.4, -0.2) is 12.8 Å². The van der Waals surface area contributed by atoms with E-state index in [0.29, 0.717) is 0 Å². The number of rotatable bonds is 4. The van der Waals surface area contributed by atoms with Gasteiger partial charge < -0.3 is 0 Å². The lowest BCUT2D eigenvalue weighted by Crippen LogP contribution is -1.87. The van der Waals surface area contributed by atoms with Crippen molar-refractivity contribution in [2.75, 3.05) is 7.05 Å². The highest BCUT2D eigenvalue weighted by Gasteiger charge is 1.89. The third kappa shape index (κ3) is 4.54. The average molecular weight is 151 g/mol. The van der Waals surface area contributed by atoms with E-state index in [9.17, 15) is 0 Å². The maximum atomic E-state index is 4.05. The Kier molecular flexibility index (Phi) is 5.44. The first-order chi connectivity index (χ1) is 5.24. The van der Waals surface area contributed by atoms with Gasteiger partial charge in [-0.3, -0.25) is 4.99 Å². The summed E-state index contributed by atoms with van der Waals surface area (Å²) in [6, 6.07) is 0. The van der Waals surface area contributed by atoms with Gasteiger partial charge in [0.15, 0.2) is 0 Å². The van der Waals surface area contributed by atoms with Crippen molar-refractivity contribution in [3.8, 4) is 0 Å². The molecule has 0 atom stereocenters. The fraction of sp³-hybridized carbons (Fsp3) is 0.500. The lowest BCUT2D eigenvalue weighted by molar-refractivity contribution is 0.928. The Bertz CT molecular complexity index is 175. The van der Waals surface area contributed by atoms with Crippen molar-refractivity contribution in [2.24, 2.45) is 4.99 Å². The summed E-state index contributed by atoms with van der Waals surface area (Å²) in [5.74, 6) is 0. The zero-order valence-electron chi connectivity index (χ0n) is 7.72. The van der Waals surface area contributed by atoms with Gasteiger partial charge in [-0.1, -0.05) is 26.0 Å². The van der Waals surface area contributed by atoms with Crippen molar-refractivity contribution < 1.29 is 0 Å². The summed E-state index contributed by atoms with van der Waals surface area (Å²) in [6.07, 6.45) is 6.24. The third-order valence-corrected chi connectivity index (χ3v) is 1.55. The maximum absolute atomic E-state index is 4.05. The molecule has 62 valence electrons. The first-order valence-corrected chi connectivity index (χ1v) is 4.01. The van der Waals surface area contributed by atoms with Crippen LogP contribution in [0, 0.1) is 0 Å². The molecule has 0 aromatic carbocycles. The number of nitrogens with zero attached hydrogens (tertiary/aromatic N) is 1. The smallest absolute Gasteiger partial charge is 0.0316 e. The monoisotopic (exact) mass is 151 g/mol. The van der Waals surface area contributed by atoms with E-state index in [0.717, 1.165) is 18.6 Å². The molecule has 0 heterocycles. The fourth-order valence-electron chi connectivity index (χ4n) is 0.855. The van der Waals surface area contributed by atoms with E-state index < -0.39 is 0 Å². The molecule has 11 heavy (non-hydrogen) atoms. The molecule has 1 nitrogen and oxygen atoms in total. The van der Waals surface area contributed by atoms with Gasteiger partial charge in [0.1, 0.15) is 0 Å². The highest BCUT2D eigenvalue weighted by molar-refractivity contribution is 5.93. The van der Waals surface area contributed by atoms with Crippen LogP contribution in [-0.2, 0) is 0 Å². The van der Waals surface area contributed by atoms with Crippen LogP contribution in [0.15, 0.2) is 29.3 Å². The van der Waals surface area contributed by atoms with E-state index in [2.05, 4.69) is 24.6 Å². The second kappa shape index (κ2) is 5.90. The number of allylic oxidation sites excluding steroid dienone is 3. The molecular formula is C10H17N. The van der Waals surface area contributed by atoms with Gasteiger partial charge in [-0.05, 0) is 25.0 Å². The van der Waals surface area contributed by atoms with E-state index >= 15 is 0 Å². The SMILES string of the molecule is C=C/C(=C\C(C)=NC)CCC. The largest absolute Gasteiger partial charge is 0.293 e. The summed E-state index contributed by atoms with van der Waals surface area (Å²) < 4.78 is 0. The minimum atomic E-state index is 1.06. The topological polar surface area (TPSA) is 12.4 Å². The molecule has 0 amide bonds. The molecule has 0 unspecified atom stereocenters. The molecule has 0 aliphatic carbocycles. The summed E-state index contributed by atoms with van der Waals surface area (Å²) in [7, 11) is 1.80. The van der Waals surface area contributed by atoms with Crippen LogP contribution in [0.4, 0.5) is 0 Å². The van der Waals surface area contributed by atoms with Crippen LogP contribution in [0.2, 0.25) is 0 Å². The van der Waals surface area contributed by atoms with E-state index in [4.69, 9.17) is 0 Å².